The van der Waals surface area contributed by atoms with Crippen LogP contribution in [0.5, 0.6) is 17.2 Å². The number of hydrogen-bond acceptors (Lipinski definition) is 6. The Bertz CT molecular complexity index is 1270. The number of benzene rings is 3. The van der Waals surface area contributed by atoms with Crippen LogP contribution >= 0.6 is 23.2 Å². The lowest BCUT2D eigenvalue weighted by atomic mass is 10.1. The third kappa shape index (κ3) is 5.53. The number of hydrogen-bond donors (Lipinski definition) is 0. The van der Waals surface area contributed by atoms with Crippen LogP contribution in [0.1, 0.15) is 23.6 Å². The summed E-state index contributed by atoms with van der Waals surface area (Å²) in [6, 6.07) is 17.8. The van der Waals surface area contributed by atoms with Gasteiger partial charge in [-0.1, -0.05) is 41.4 Å². The first kappa shape index (κ1) is 23.7. The lowest BCUT2D eigenvalue weighted by Crippen LogP contribution is -2.07. The summed E-state index contributed by atoms with van der Waals surface area (Å²) in [5.41, 5.74) is 2.32. The van der Waals surface area contributed by atoms with E-state index >= 15 is 0 Å². The van der Waals surface area contributed by atoms with Gasteiger partial charge >= 0.3 is 5.97 Å². The van der Waals surface area contributed by atoms with E-state index in [1.54, 1.807) is 36.4 Å². The Labute approximate surface area is 207 Å². The number of ether oxygens (including phenoxy) is 4. The van der Waals surface area contributed by atoms with Crippen LogP contribution in [0.4, 0.5) is 0 Å². The molecule has 34 heavy (non-hydrogen) atoms. The van der Waals surface area contributed by atoms with Gasteiger partial charge in [0.25, 0.3) is 0 Å². The maximum Gasteiger partial charge on any atom is 0.363 e. The predicted molar refractivity (Wildman–Crippen MR) is 132 cm³/mol. The average Bonchev–Trinajstić information content (AvgIpc) is 3.19. The normalized spacial score (nSPS) is 14.1. The van der Waals surface area contributed by atoms with E-state index in [0.29, 0.717) is 51.6 Å². The first-order valence-electron chi connectivity index (χ1n) is 10.5. The van der Waals surface area contributed by atoms with Gasteiger partial charge in [-0.05, 0) is 66.6 Å². The Hall–Kier alpha value is -3.48. The summed E-state index contributed by atoms with van der Waals surface area (Å²) in [4.78, 5) is 16.8. The largest absolute Gasteiger partial charge is 0.496 e. The van der Waals surface area contributed by atoms with Gasteiger partial charge in [-0.2, -0.15) is 0 Å². The van der Waals surface area contributed by atoms with E-state index in [2.05, 4.69) is 4.99 Å². The summed E-state index contributed by atoms with van der Waals surface area (Å²) < 4.78 is 22.4. The van der Waals surface area contributed by atoms with Gasteiger partial charge in [-0.3, -0.25) is 0 Å². The van der Waals surface area contributed by atoms with E-state index < -0.39 is 5.97 Å². The number of carbonyl (C=O) groups excluding carboxylic acids is 1. The van der Waals surface area contributed by atoms with E-state index in [0.717, 1.165) is 5.56 Å². The molecule has 0 amide bonds. The Kier molecular flexibility index (Phi) is 7.40. The molecule has 0 saturated carbocycles. The van der Waals surface area contributed by atoms with Crippen molar-refractivity contribution >= 4 is 41.1 Å². The van der Waals surface area contributed by atoms with E-state index in [-0.39, 0.29) is 11.6 Å². The molecule has 3 aromatic carbocycles. The number of methoxy groups -OCH3 is 1. The van der Waals surface area contributed by atoms with Crippen molar-refractivity contribution in [1.82, 2.24) is 0 Å². The number of cyclic esters (lactones) is 1. The topological polar surface area (TPSA) is 66.3 Å². The van der Waals surface area contributed by atoms with Crippen LogP contribution in [0.2, 0.25) is 10.0 Å². The summed E-state index contributed by atoms with van der Waals surface area (Å²) in [5, 5.41) is 1.14. The van der Waals surface area contributed by atoms with Crippen LogP contribution in [-0.2, 0) is 16.1 Å². The standard InChI is InChI=1S/C26H21Cl2NO5/c1-3-32-24-13-17(6-10-23(24)33-15-16-4-7-18(27)8-5-16)12-21-26(30)34-25(29-21)20-14-19(28)9-11-22(20)31-2/h4-14H,3,15H2,1-2H3/b21-12-. The highest BCUT2D eigenvalue weighted by molar-refractivity contribution is 6.31. The fourth-order valence-electron chi connectivity index (χ4n) is 3.27. The van der Waals surface area contributed by atoms with Gasteiger partial charge in [0.05, 0.1) is 19.3 Å². The molecule has 0 fully saturated rings. The molecule has 0 N–H and O–H groups in total. The highest BCUT2D eigenvalue weighted by atomic mass is 35.5. The van der Waals surface area contributed by atoms with Crippen molar-refractivity contribution < 1.29 is 23.7 Å². The molecule has 0 atom stereocenters. The zero-order valence-electron chi connectivity index (χ0n) is 18.5. The predicted octanol–water partition coefficient (Wildman–Crippen LogP) is 6.32. The van der Waals surface area contributed by atoms with Gasteiger partial charge in [-0.25, -0.2) is 9.79 Å². The van der Waals surface area contributed by atoms with E-state index in [9.17, 15) is 4.79 Å². The van der Waals surface area contributed by atoms with Crippen molar-refractivity contribution in [1.29, 1.82) is 0 Å². The monoisotopic (exact) mass is 497 g/mol. The van der Waals surface area contributed by atoms with Crippen molar-refractivity contribution in [3.63, 3.8) is 0 Å². The second-order valence-electron chi connectivity index (χ2n) is 7.23. The smallest absolute Gasteiger partial charge is 0.363 e. The molecule has 1 aliphatic rings. The first-order chi connectivity index (χ1) is 16.5. The van der Waals surface area contributed by atoms with Gasteiger partial charge in [-0.15, -0.1) is 0 Å². The summed E-state index contributed by atoms with van der Waals surface area (Å²) in [6.45, 7) is 2.70. The van der Waals surface area contributed by atoms with Gasteiger partial charge in [0.15, 0.2) is 17.2 Å². The number of esters is 1. The van der Waals surface area contributed by atoms with Gasteiger partial charge < -0.3 is 18.9 Å². The van der Waals surface area contributed by atoms with Gasteiger partial charge in [0, 0.05) is 10.0 Å². The molecule has 4 rings (SSSR count). The molecule has 8 heteroatoms. The number of nitrogens with zero attached hydrogens (tertiary/aromatic N) is 1. The number of halogens is 2. The maximum atomic E-state index is 12.5. The molecule has 0 unspecified atom stereocenters. The summed E-state index contributed by atoms with van der Waals surface area (Å²) in [6.07, 6.45) is 1.62. The Balaban J connectivity index is 1.58. The fourth-order valence-corrected chi connectivity index (χ4v) is 3.57. The molecule has 0 aromatic heterocycles. The van der Waals surface area contributed by atoms with Crippen LogP contribution in [-0.4, -0.2) is 25.6 Å². The second kappa shape index (κ2) is 10.6. The lowest BCUT2D eigenvalue weighted by molar-refractivity contribution is -0.129. The molecular weight excluding hydrogens is 477 g/mol. The second-order valence-corrected chi connectivity index (χ2v) is 8.11. The van der Waals surface area contributed by atoms with Crippen LogP contribution in [0.25, 0.3) is 6.08 Å². The van der Waals surface area contributed by atoms with Crippen LogP contribution < -0.4 is 14.2 Å². The molecule has 0 saturated heterocycles. The summed E-state index contributed by atoms with van der Waals surface area (Å²) in [7, 11) is 1.52. The third-order valence-corrected chi connectivity index (χ3v) is 5.38. The molecular formula is C26H21Cl2NO5. The quantitative estimate of drug-likeness (QED) is 0.269. The van der Waals surface area contributed by atoms with Gasteiger partial charge in [0.2, 0.25) is 5.90 Å². The Morgan fingerprint density at radius 3 is 2.38 bits per heavy atom. The van der Waals surface area contributed by atoms with E-state index in [4.69, 9.17) is 42.1 Å². The van der Waals surface area contributed by atoms with Crippen LogP contribution in [0, 0.1) is 0 Å². The Morgan fingerprint density at radius 2 is 1.65 bits per heavy atom. The molecule has 0 aliphatic carbocycles. The maximum absolute atomic E-state index is 12.5. The first-order valence-corrected chi connectivity index (χ1v) is 11.2. The van der Waals surface area contributed by atoms with Crippen molar-refractivity contribution in [2.24, 2.45) is 4.99 Å². The van der Waals surface area contributed by atoms with Crippen molar-refractivity contribution in [3.05, 3.63) is 93.1 Å². The molecule has 3 aromatic rings. The minimum absolute atomic E-state index is 0.128. The van der Waals surface area contributed by atoms with E-state index in [1.165, 1.54) is 7.11 Å². The van der Waals surface area contributed by atoms with Crippen LogP contribution in [0.3, 0.4) is 0 Å². The molecule has 0 spiro atoms. The van der Waals surface area contributed by atoms with Crippen molar-refractivity contribution in [2.45, 2.75) is 13.5 Å². The molecule has 0 radical (unpaired) electrons. The highest BCUT2D eigenvalue weighted by Gasteiger charge is 2.26. The number of aliphatic imine (C=N–C) groups is 1. The van der Waals surface area contributed by atoms with E-state index in [1.807, 2.05) is 37.3 Å². The minimum Gasteiger partial charge on any atom is -0.496 e. The highest BCUT2D eigenvalue weighted by Crippen LogP contribution is 2.32. The third-order valence-electron chi connectivity index (χ3n) is 4.89. The molecule has 6 nitrogen and oxygen atoms in total. The summed E-state index contributed by atoms with van der Waals surface area (Å²) >= 11 is 12.0. The summed E-state index contributed by atoms with van der Waals surface area (Å²) in [5.74, 6) is 1.19. The molecule has 0 bridgehead atoms. The molecule has 1 aliphatic heterocycles. The number of rotatable bonds is 8. The SMILES string of the molecule is CCOc1cc(/C=C2\N=C(c3cc(Cl)ccc3OC)OC2=O)ccc1OCc1ccc(Cl)cc1. The zero-order chi connectivity index (χ0) is 24.1. The molecule has 174 valence electrons. The van der Waals surface area contributed by atoms with Crippen molar-refractivity contribution in [3.8, 4) is 17.2 Å². The zero-order valence-corrected chi connectivity index (χ0v) is 20.0. The molecule has 1 heterocycles. The fraction of sp³-hybridized carbons (Fsp3) is 0.154. The van der Waals surface area contributed by atoms with Crippen LogP contribution in [0.15, 0.2) is 71.4 Å². The Morgan fingerprint density at radius 1 is 0.912 bits per heavy atom. The minimum atomic E-state index is -0.571. The van der Waals surface area contributed by atoms with Crippen molar-refractivity contribution in [2.75, 3.05) is 13.7 Å². The number of carbonyl (C=O) groups is 1. The van der Waals surface area contributed by atoms with Gasteiger partial charge in [0.1, 0.15) is 12.4 Å². The lowest BCUT2D eigenvalue weighted by Gasteiger charge is -2.13. The average molecular weight is 498 g/mol.